The zero-order chi connectivity index (χ0) is 29.8. The number of hydrogen-bond donors (Lipinski definition) is 0. The molecular weight excluding hydrogens is 530 g/mol. The van der Waals surface area contributed by atoms with Crippen molar-refractivity contribution in [1.82, 2.24) is 4.90 Å². The molecule has 2 heterocycles. The van der Waals surface area contributed by atoms with Gasteiger partial charge in [0.25, 0.3) is 0 Å². The maximum Gasteiger partial charge on any atom is 0.336 e. The summed E-state index contributed by atoms with van der Waals surface area (Å²) in [4.78, 5) is 28.5. The summed E-state index contributed by atoms with van der Waals surface area (Å²) in [5, 5.41) is 0.214. The highest BCUT2D eigenvalue weighted by atomic mass is 28.4. The molecule has 222 valence electrons. The molecule has 0 amide bonds. The Morgan fingerprint density at radius 3 is 2.29 bits per heavy atom. The number of fused-ring (bicyclic) bond motifs is 2. The predicted octanol–water partition coefficient (Wildman–Crippen LogP) is 6.79. The summed E-state index contributed by atoms with van der Waals surface area (Å²) in [5.41, 5.74) is 4.97. The van der Waals surface area contributed by atoms with E-state index in [1.165, 1.54) is 12.7 Å². The lowest BCUT2D eigenvalue weighted by Crippen LogP contribution is -2.53. The molecule has 2 bridgehead atoms. The Hall–Kier alpha value is -2.74. The van der Waals surface area contributed by atoms with Gasteiger partial charge in [-0.25, -0.2) is 4.79 Å². The van der Waals surface area contributed by atoms with Gasteiger partial charge in [0, 0.05) is 18.7 Å². The van der Waals surface area contributed by atoms with Gasteiger partial charge in [-0.05, 0) is 79.5 Å². The smallest absolute Gasteiger partial charge is 0.336 e. The monoisotopic (exact) mass is 577 g/mol. The van der Waals surface area contributed by atoms with Gasteiger partial charge in [0.2, 0.25) is 0 Å². The molecule has 0 aromatic heterocycles. The van der Waals surface area contributed by atoms with Gasteiger partial charge in [0.05, 0.1) is 18.6 Å². The summed E-state index contributed by atoms with van der Waals surface area (Å²) in [5.74, 6) is -0.729. The Morgan fingerprint density at radius 2 is 1.66 bits per heavy atom. The molecule has 1 saturated heterocycles. The Bertz CT molecular complexity index is 1230. The Morgan fingerprint density at radius 1 is 0.976 bits per heavy atom. The van der Waals surface area contributed by atoms with Crippen LogP contribution < -0.4 is 0 Å². The third-order valence-electron chi connectivity index (χ3n) is 9.38. The van der Waals surface area contributed by atoms with Crippen LogP contribution in [0.4, 0.5) is 0 Å². The van der Waals surface area contributed by atoms with Gasteiger partial charge in [0.1, 0.15) is 6.61 Å². The van der Waals surface area contributed by atoms with Crippen LogP contribution in [0.2, 0.25) is 18.1 Å². The van der Waals surface area contributed by atoms with Gasteiger partial charge < -0.3 is 13.9 Å². The number of aryl methyl sites for hydroxylation is 1. The van der Waals surface area contributed by atoms with Gasteiger partial charge in [0.15, 0.2) is 8.32 Å². The van der Waals surface area contributed by atoms with Gasteiger partial charge >= 0.3 is 11.9 Å². The van der Waals surface area contributed by atoms with Crippen molar-refractivity contribution < 1.29 is 23.5 Å². The third-order valence-corrected chi connectivity index (χ3v) is 13.9. The maximum absolute atomic E-state index is 13.7. The molecule has 3 atom stereocenters. The summed E-state index contributed by atoms with van der Waals surface area (Å²) in [6.45, 7) is 12.4. The van der Waals surface area contributed by atoms with Gasteiger partial charge in [-0.2, -0.15) is 0 Å². The number of hydrogen-bond acceptors (Lipinski definition) is 6. The molecule has 0 radical (unpaired) electrons. The van der Waals surface area contributed by atoms with E-state index in [0.29, 0.717) is 18.4 Å². The van der Waals surface area contributed by atoms with Crippen molar-refractivity contribution in [3.63, 3.8) is 0 Å². The van der Waals surface area contributed by atoms with E-state index in [-0.39, 0.29) is 41.6 Å². The summed E-state index contributed by atoms with van der Waals surface area (Å²) < 4.78 is 17.3. The Labute approximate surface area is 247 Å². The number of benzene rings is 2. The van der Waals surface area contributed by atoms with E-state index in [1.807, 2.05) is 30.3 Å². The molecule has 4 rings (SSSR count). The number of methoxy groups -OCH3 is 1. The van der Waals surface area contributed by atoms with Crippen LogP contribution in [0.3, 0.4) is 0 Å². The number of piperidine rings is 1. The lowest BCUT2D eigenvalue weighted by atomic mass is 9.74. The first-order chi connectivity index (χ1) is 19.4. The summed E-state index contributed by atoms with van der Waals surface area (Å²) in [6.07, 6.45) is 3.90. The zero-order valence-electron chi connectivity index (χ0n) is 25.9. The minimum absolute atomic E-state index is 0.158. The lowest BCUT2D eigenvalue weighted by Gasteiger charge is -2.47. The van der Waals surface area contributed by atoms with Crippen molar-refractivity contribution in [3.8, 4) is 0 Å². The minimum Gasteiger partial charge on any atom is -0.469 e. The average Bonchev–Trinajstić information content (AvgIpc) is 2.94. The first-order valence-electron chi connectivity index (χ1n) is 14.9. The van der Waals surface area contributed by atoms with E-state index in [2.05, 4.69) is 70.1 Å². The van der Waals surface area contributed by atoms with E-state index in [4.69, 9.17) is 13.9 Å². The molecule has 6 nitrogen and oxygen atoms in total. The molecule has 0 saturated carbocycles. The van der Waals surface area contributed by atoms with Crippen LogP contribution in [0, 0.1) is 5.92 Å². The van der Waals surface area contributed by atoms with E-state index < -0.39 is 8.32 Å². The average molecular weight is 578 g/mol. The number of nitrogens with zero attached hydrogens (tertiary/aromatic N) is 1. The fourth-order valence-electron chi connectivity index (χ4n) is 5.76. The fourth-order valence-corrected chi connectivity index (χ4v) is 6.85. The van der Waals surface area contributed by atoms with Gasteiger partial charge in [-0.1, -0.05) is 75.4 Å². The first-order valence-corrected chi connectivity index (χ1v) is 17.8. The zero-order valence-corrected chi connectivity index (χ0v) is 26.9. The van der Waals surface area contributed by atoms with Crippen LogP contribution in [0.5, 0.6) is 0 Å². The SMILES string of the molecule is COC(=O)C1CC2CC(c3ccc(CCCO[Si](C)(C)C(C)(C)C)cc3)=C(C(=O)OCc3ccccc3)C(C1)N2C. The van der Waals surface area contributed by atoms with Crippen molar-refractivity contribution in [3.05, 3.63) is 76.9 Å². The molecule has 2 aliphatic heterocycles. The lowest BCUT2D eigenvalue weighted by molar-refractivity contribution is -0.150. The molecule has 2 aromatic carbocycles. The number of ether oxygens (including phenoxy) is 2. The van der Waals surface area contributed by atoms with E-state index >= 15 is 0 Å². The van der Waals surface area contributed by atoms with Crippen molar-refractivity contribution in [2.45, 2.75) is 89.7 Å². The quantitative estimate of drug-likeness (QED) is 0.176. The molecule has 0 aliphatic carbocycles. The highest BCUT2D eigenvalue weighted by Crippen LogP contribution is 2.43. The van der Waals surface area contributed by atoms with Crippen LogP contribution >= 0.6 is 0 Å². The molecule has 7 heteroatoms. The Balaban J connectivity index is 1.54. The number of rotatable bonds is 10. The standard InChI is InChI=1S/C34H47NO5Si/c1-34(2,3)41(6,7)40-19-11-14-24-15-17-26(18-16-24)29-22-28-20-27(32(36)38-5)21-30(35(28)4)31(29)33(37)39-23-25-12-9-8-10-13-25/h8-10,12-13,15-18,27-28,30H,11,14,19-23H2,1-7H3. The molecule has 41 heavy (non-hydrogen) atoms. The van der Waals surface area contributed by atoms with E-state index in [0.717, 1.165) is 42.6 Å². The van der Waals surface area contributed by atoms with Crippen molar-refractivity contribution in [2.24, 2.45) is 5.92 Å². The topological polar surface area (TPSA) is 65.1 Å². The molecule has 0 spiro atoms. The highest BCUT2D eigenvalue weighted by molar-refractivity contribution is 6.74. The maximum atomic E-state index is 13.7. The summed E-state index contributed by atoms with van der Waals surface area (Å²) in [6, 6.07) is 18.3. The molecule has 1 fully saturated rings. The third kappa shape index (κ3) is 7.37. The number of likely N-dealkylation sites (N-methyl/N-ethyl adjacent to an activating group) is 1. The van der Waals surface area contributed by atoms with Crippen molar-refractivity contribution >= 4 is 25.8 Å². The van der Waals surface area contributed by atoms with Crippen LogP contribution in [0.1, 0.15) is 63.1 Å². The first kappa shape index (κ1) is 31.2. The van der Waals surface area contributed by atoms with Gasteiger partial charge in [-0.15, -0.1) is 0 Å². The van der Waals surface area contributed by atoms with Crippen LogP contribution in [0.25, 0.3) is 5.57 Å². The van der Waals surface area contributed by atoms with Crippen molar-refractivity contribution in [1.29, 1.82) is 0 Å². The molecule has 0 N–H and O–H groups in total. The molecular formula is C34H47NO5Si. The second kappa shape index (κ2) is 13.1. The van der Waals surface area contributed by atoms with E-state index in [9.17, 15) is 9.59 Å². The van der Waals surface area contributed by atoms with Crippen LogP contribution in [-0.2, 0) is 36.5 Å². The normalized spacial score (nSPS) is 21.5. The van der Waals surface area contributed by atoms with Crippen molar-refractivity contribution in [2.75, 3.05) is 20.8 Å². The highest BCUT2D eigenvalue weighted by Gasteiger charge is 2.45. The summed E-state index contributed by atoms with van der Waals surface area (Å²) >= 11 is 0. The molecule has 2 aromatic rings. The molecule has 3 unspecified atom stereocenters. The second-order valence-electron chi connectivity index (χ2n) is 13.1. The largest absolute Gasteiger partial charge is 0.469 e. The van der Waals surface area contributed by atoms with Crippen LogP contribution in [-0.4, -0.2) is 58.0 Å². The fraction of sp³-hybridized carbons (Fsp3) is 0.529. The van der Waals surface area contributed by atoms with Crippen LogP contribution in [0.15, 0.2) is 60.2 Å². The summed E-state index contributed by atoms with van der Waals surface area (Å²) in [7, 11) is 1.76. The number of carbonyl (C=O) groups is 2. The second-order valence-corrected chi connectivity index (χ2v) is 17.9. The number of carbonyl (C=O) groups excluding carboxylic acids is 2. The van der Waals surface area contributed by atoms with Gasteiger partial charge in [-0.3, -0.25) is 9.69 Å². The van der Waals surface area contributed by atoms with E-state index in [1.54, 1.807) is 0 Å². The Kier molecular flexibility index (Phi) is 9.93. The molecule has 2 aliphatic rings. The number of esters is 2. The predicted molar refractivity (Wildman–Crippen MR) is 166 cm³/mol. The minimum atomic E-state index is -1.74.